The standard InChI is InChI=1S/C14H19F3N2O/c1-18-12-3-2-8-19(10-12)9-11-4-6-13(7-5-11)20-14(15,16)17/h4-7,12,18H,2-3,8-10H2,1H3. The van der Waals surface area contributed by atoms with Crippen molar-refractivity contribution in [1.82, 2.24) is 10.2 Å². The van der Waals surface area contributed by atoms with Gasteiger partial charge in [-0.1, -0.05) is 12.1 Å². The third kappa shape index (κ3) is 4.68. The fourth-order valence-electron chi connectivity index (χ4n) is 2.49. The molecule has 112 valence electrons. The van der Waals surface area contributed by atoms with E-state index >= 15 is 0 Å². The molecule has 1 aromatic carbocycles. The summed E-state index contributed by atoms with van der Waals surface area (Å²) in [7, 11) is 1.96. The van der Waals surface area contributed by atoms with Crippen LogP contribution in [0.25, 0.3) is 0 Å². The number of halogens is 3. The Balaban J connectivity index is 1.90. The molecule has 1 aromatic rings. The van der Waals surface area contributed by atoms with Crippen molar-refractivity contribution < 1.29 is 17.9 Å². The highest BCUT2D eigenvalue weighted by atomic mass is 19.4. The minimum absolute atomic E-state index is 0.173. The number of likely N-dealkylation sites (tertiary alicyclic amines) is 1. The van der Waals surface area contributed by atoms with Crippen molar-refractivity contribution in [2.75, 3.05) is 20.1 Å². The van der Waals surface area contributed by atoms with E-state index in [4.69, 9.17) is 0 Å². The molecule has 0 spiro atoms. The normalized spacial score (nSPS) is 20.9. The summed E-state index contributed by atoms with van der Waals surface area (Å²) in [5, 5.41) is 3.27. The predicted molar refractivity (Wildman–Crippen MR) is 70.5 cm³/mol. The molecule has 1 atom stereocenters. The van der Waals surface area contributed by atoms with Gasteiger partial charge in [-0.05, 0) is 44.1 Å². The summed E-state index contributed by atoms with van der Waals surface area (Å²) >= 11 is 0. The zero-order chi connectivity index (χ0) is 14.6. The molecule has 20 heavy (non-hydrogen) atoms. The summed E-state index contributed by atoms with van der Waals surface area (Å²) in [6.07, 6.45) is -2.32. The molecule has 1 heterocycles. The monoisotopic (exact) mass is 288 g/mol. The number of piperidine rings is 1. The van der Waals surface area contributed by atoms with Crippen LogP contribution in [0.4, 0.5) is 13.2 Å². The molecule has 1 N–H and O–H groups in total. The van der Waals surface area contributed by atoms with Gasteiger partial charge in [-0.2, -0.15) is 0 Å². The van der Waals surface area contributed by atoms with Crippen LogP contribution in [0.5, 0.6) is 5.75 Å². The predicted octanol–water partition coefficient (Wildman–Crippen LogP) is 2.77. The quantitative estimate of drug-likeness (QED) is 0.922. The summed E-state index contributed by atoms with van der Waals surface area (Å²) in [6.45, 7) is 2.75. The molecule has 0 bridgehead atoms. The zero-order valence-electron chi connectivity index (χ0n) is 11.4. The first-order valence-electron chi connectivity index (χ1n) is 6.70. The van der Waals surface area contributed by atoms with E-state index in [9.17, 15) is 13.2 Å². The average Bonchev–Trinajstić information content (AvgIpc) is 2.40. The second-order valence-corrected chi connectivity index (χ2v) is 5.05. The highest BCUT2D eigenvalue weighted by Gasteiger charge is 2.31. The maximum absolute atomic E-state index is 12.1. The molecule has 0 aliphatic carbocycles. The van der Waals surface area contributed by atoms with Gasteiger partial charge in [0.05, 0.1) is 0 Å². The van der Waals surface area contributed by atoms with Crippen LogP contribution in [0.3, 0.4) is 0 Å². The van der Waals surface area contributed by atoms with Gasteiger partial charge in [-0.15, -0.1) is 13.2 Å². The van der Waals surface area contributed by atoms with E-state index in [-0.39, 0.29) is 5.75 Å². The van der Waals surface area contributed by atoms with Crippen molar-refractivity contribution in [2.24, 2.45) is 0 Å². The van der Waals surface area contributed by atoms with E-state index in [1.807, 2.05) is 7.05 Å². The number of hydrogen-bond donors (Lipinski definition) is 1. The maximum Gasteiger partial charge on any atom is 0.573 e. The summed E-state index contributed by atoms with van der Waals surface area (Å²) in [6, 6.07) is 6.59. The molecule has 0 saturated carbocycles. The Labute approximate surface area is 116 Å². The van der Waals surface area contributed by atoms with Crippen molar-refractivity contribution in [2.45, 2.75) is 31.8 Å². The van der Waals surface area contributed by atoms with Crippen molar-refractivity contribution in [3.05, 3.63) is 29.8 Å². The van der Waals surface area contributed by atoms with Crippen molar-refractivity contribution >= 4 is 0 Å². The number of rotatable bonds is 4. The lowest BCUT2D eigenvalue weighted by Crippen LogP contribution is -2.43. The number of nitrogens with one attached hydrogen (secondary N) is 1. The van der Waals surface area contributed by atoms with Gasteiger partial charge in [0.2, 0.25) is 0 Å². The van der Waals surface area contributed by atoms with Crippen LogP contribution in [0, 0.1) is 0 Å². The second kappa shape index (κ2) is 6.45. The summed E-state index contributed by atoms with van der Waals surface area (Å²) < 4.78 is 40.0. The first-order chi connectivity index (χ1) is 9.46. The van der Waals surface area contributed by atoms with E-state index in [1.54, 1.807) is 12.1 Å². The number of likely N-dealkylation sites (N-methyl/N-ethyl adjacent to an activating group) is 1. The van der Waals surface area contributed by atoms with Gasteiger partial charge in [0, 0.05) is 19.1 Å². The Morgan fingerprint density at radius 3 is 2.60 bits per heavy atom. The Hall–Kier alpha value is -1.27. The SMILES string of the molecule is CNC1CCCN(Cc2ccc(OC(F)(F)F)cc2)C1. The first-order valence-corrected chi connectivity index (χ1v) is 6.70. The molecule has 0 aromatic heterocycles. The molecule has 1 aliphatic heterocycles. The smallest absolute Gasteiger partial charge is 0.406 e. The second-order valence-electron chi connectivity index (χ2n) is 5.05. The zero-order valence-corrected chi connectivity index (χ0v) is 11.4. The van der Waals surface area contributed by atoms with Crippen LogP contribution in [0.2, 0.25) is 0 Å². The van der Waals surface area contributed by atoms with Gasteiger partial charge in [-0.3, -0.25) is 4.90 Å². The summed E-state index contributed by atoms with van der Waals surface area (Å²) in [5.74, 6) is -0.173. The van der Waals surface area contributed by atoms with Gasteiger partial charge in [-0.25, -0.2) is 0 Å². The van der Waals surface area contributed by atoms with Gasteiger partial charge < -0.3 is 10.1 Å². The Kier molecular flexibility index (Phi) is 4.88. The molecule has 0 radical (unpaired) electrons. The van der Waals surface area contributed by atoms with Crippen molar-refractivity contribution in [3.63, 3.8) is 0 Å². The Morgan fingerprint density at radius 1 is 1.30 bits per heavy atom. The van der Waals surface area contributed by atoms with Crippen molar-refractivity contribution in [1.29, 1.82) is 0 Å². The number of hydrogen-bond acceptors (Lipinski definition) is 3. The van der Waals surface area contributed by atoms with E-state index in [0.29, 0.717) is 6.04 Å². The minimum Gasteiger partial charge on any atom is -0.406 e. The van der Waals surface area contributed by atoms with Gasteiger partial charge >= 0.3 is 6.36 Å². The molecule has 1 aliphatic rings. The Bertz CT molecular complexity index is 419. The van der Waals surface area contributed by atoms with E-state index in [0.717, 1.165) is 31.6 Å². The lowest BCUT2D eigenvalue weighted by Gasteiger charge is -2.32. The molecule has 2 rings (SSSR count). The summed E-state index contributed by atoms with van der Waals surface area (Å²) in [4.78, 5) is 2.31. The molecule has 6 heteroatoms. The molecule has 1 saturated heterocycles. The fourth-order valence-corrected chi connectivity index (χ4v) is 2.49. The molecule has 1 fully saturated rings. The topological polar surface area (TPSA) is 24.5 Å². The van der Waals surface area contributed by atoms with Crippen LogP contribution in [0.15, 0.2) is 24.3 Å². The molecular formula is C14H19F3N2O. The largest absolute Gasteiger partial charge is 0.573 e. The number of benzene rings is 1. The molecule has 0 amide bonds. The highest BCUT2D eigenvalue weighted by molar-refractivity contribution is 5.27. The molecular weight excluding hydrogens is 269 g/mol. The highest BCUT2D eigenvalue weighted by Crippen LogP contribution is 2.23. The minimum atomic E-state index is -4.63. The molecule has 3 nitrogen and oxygen atoms in total. The lowest BCUT2D eigenvalue weighted by atomic mass is 10.1. The molecule has 1 unspecified atom stereocenters. The van der Waals surface area contributed by atoms with Gasteiger partial charge in [0.25, 0.3) is 0 Å². The maximum atomic E-state index is 12.1. The van der Waals surface area contributed by atoms with E-state index in [1.165, 1.54) is 18.6 Å². The van der Waals surface area contributed by atoms with E-state index in [2.05, 4.69) is 15.0 Å². The lowest BCUT2D eigenvalue weighted by molar-refractivity contribution is -0.274. The number of ether oxygens (including phenoxy) is 1. The average molecular weight is 288 g/mol. The van der Waals surface area contributed by atoms with Crippen LogP contribution in [-0.2, 0) is 6.54 Å². The summed E-state index contributed by atoms with van der Waals surface area (Å²) in [5.41, 5.74) is 0.997. The third-order valence-electron chi connectivity index (χ3n) is 3.48. The first kappa shape index (κ1) is 15.1. The van der Waals surface area contributed by atoms with Gasteiger partial charge in [0.1, 0.15) is 5.75 Å². The van der Waals surface area contributed by atoms with Gasteiger partial charge in [0.15, 0.2) is 0 Å². The fraction of sp³-hybridized carbons (Fsp3) is 0.571. The van der Waals surface area contributed by atoms with Crippen LogP contribution in [-0.4, -0.2) is 37.4 Å². The Morgan fingerprint density at radius 2 is 2.00 bits per heavy atom. The number of nitrogens with zero attached hydrogens (tertiary/aromatic N) is 1. The van der Waals surface area contributed by atoms with Crippen LogP contribution in [0.1, 0.15) is 18.4 Å². The van der Waals surface area contributed by atoms with Crippen molar-refractivity contribution in [3.8, 4) is 5.75 Å². The number of alkyl halides is 3. The van der Waals surface area contributed by atoms with Crippen LogP contribution < -0.4 is 10.1 Å². The third-order valence-corrected chi connectivity index (χ3v) is 3.48. The van der Waals surface area contributed by atoms with E-state index < -0.39 is 6.36 Å². The van der Waals surface area contributed by atoms with Crippen LogP contribution >= 0.6 is 0 Å².